The molecule has 0 bridgehead atoms. The third-order valence-corrected chi connectivity index (χ3v) is 3.55. The molecule has 1 aliphatic rings. The second-order valence-corrected chi connectivity index (χ2v) is 4.63. The maximum atomic E-state index is 2.36. The average Bonchev–Trinajstić information content (AvgIpc) is 2.13. The molecule has 1 aliphatic carbocycles. The summed E-state index contributed by atoms with van der Waals surface area (Å²) in [6, 6.07) is 0. The van der Waals surface area contributed by atoms with E-state index in [9.17, 15) is 0 Å². The molecule has 1 heteroatoms. The minimum atomic E-state index is 0. The van der Waals surface area contributed by atoms with Crippen molar-refractivity contribution in [1.82, 2.24) is 0 Å². The molecule has 0 aromatic carbocycles. The summed E-state index contributed by atoms with van der Waals surface area (Å²) in [4.78, 5) is 0. The van der Waals surface area contributed by atoms with Gasteiger partial charge >= 0.3 is 0 Å². The number of hydrogen-bond donors (Lipinski definition) is 0. The maximum Gasteiger partial charge on any atom is 0 e. The van der Waals surface area contributed by atoms with E-state index in [-0.39, 0.29) is 20.0 Å². The van der Waals surface area contributed by atoms with Crippen LogP contribution in [0.5, 0.6) is 0 Å². The van der Waals surface area contributed by atoms with E-state index in [0.29, 0.717) is 5.41 Å². The van der Waals surface area contributed by atoms with Crippen LogP contribution in [0.4, 0.5) is 0 Å². The molecule has 14 heavy (non-hydrogen) atoms. The molecule has 1 unspecified atom stereocenters. The summed E-state index contributed by atoms with van der Waals surface area (Å²) >= 11 is 0. The van der Waals surface area contributed by atoms with Gasteiger partial charge in [0.25, 0.3) is 0 Å². The normalized spacial score (nSPS) is 24.6. The summed E-state index contributed by atoms with van der Waals surface area (Å²) in [6.07, 6.45) is 2.73. The van der Waals surface area contributed by atoms with Crippen LogP contribution in [0.15, 0.2) is 11.1 Å². The molecule has 0 amide bonds. The van der Waals surface area contributed by atoms with Crippen LogP contribution in [-0.4, -0.2) is 0 Å². The first-order chi connectivity index (χ1) is 5.95. The molecular formula is C13H28V. The Labute approximate surface area is 104 Å². The van der Waals surface area contributed by atoms with Gasteiger partial charge in [-0.15, -0.1) is 0 Å². The fraction of sp³-hybridized carbons (Fsp3) is 0.846. The van der Waals surface area contributed by atoms with E-state index in [1.165, 1.54) is 12.8 Å². The number of rotatable bonds is 0. The second-order valence-electron chi connectivity index (χ2n) is 4.63. The van der Waals surface area contributed by atoms with Crippen LogP contribution in [0.2, 0.25) is 0 Å². The van der Waals surface area contributed by atoms with E-state index in [4.69, 9.17) is 0 Å². The van der Waals surface area contributed by atoms with E-state index >= 15 is 0 Å². The fourth-order valence-corrected chi connectivity index (χ4v) is 1.88. The molecule has 1 radical (unpaired) electrons. The van der Waals surface area contributed by atoms with Crippen molar-refractivity contribution in [3.05, 3.63) is 11.1 Å². The Morgan fingerprint density at radius 2 is 1.64 bits per heavy atom. The van der Waals surface area contributed by atoms with Gasteiger partial charge in [-0.1, -0.05) is 45.8 Å². The Morgan fingerprint density at radius 1 is 1.21 bits per heavy atom. The summed E-state index contributed by atoms with van der Waals surface area (Å²) < 4.78 is 0. The Balaban J connectivity index is -0.000000339. The van der Waals surface area contributed by atoms with Crippen molar-refractivity contribution in [2.24, 2.45) is 11.3 Å². The molecule has 85 valence electrons. The Kier molecular flexibility index (Phi) is 8.06. The molecule has 0 aliphatic heterocycles. The largest absolute Gasteiger partial charge is 0.0710 e. The van der Waals surface area contributed by atoms with Crippen molar-refractivity contribution in [2.75, 3.05) is 0 Å². The summed E-state index contributed by atoms with van der Waals surface area (Å²) in [5, 5.41) is 0. The minimum absolute atomic E-state index is 0. The first-order valence-corrected chi connectivity index (χ1v) is 5.63. The molecule has 0 heterocycles. The van der Waals surface area contributed by atoms with Crippen molar-refractivity contribution in [3.8, 4) is 0 Å². The summed E-state index contributed by atoms with van der Waals surface area (Å²) in [7, 11) is 0. The van der Waals surface area contributed by atoms with E-state index in [1.807, 2.05) is 13.8 Å². The number of hydrogen-bond acceptors (Lipinski definition) is 0. The van der Waals surface area contributed by atoms with Gasteiger partial charge < -0.3 is 0 Å². The van der Waals surface area contributed by atoms with Crippen LogP contribution in [0.25, 0.3) is 0 Å². The van der Waals surface area contributed by atoms with Gasteiger partial charge in [0.2, 0.25) is 0 Å². The zero-order chi connectivity index (χ0) is 10.6. The van der Waals surface area contributed by atoms with E-state index in [2.05, 4.69) is 34.6 Å². The summed E-state index contributed by atoms with van der Waals surface area (Å²) in [6.45, 7) is 15.6. The van der Waals surface area contributed by atoms with Crippen LogP contribution >= 0.6 is 0 Å². The maximum absolute atomic E-state index is 2.36. The quantitative estimate of drug-likeness (QED) is 0.515. The van der Waals surface area contributed by atoms with Gasteiger partial charge in [0.05, 0.1) is 0 Å². The fourth-order valence-electron chi connectivity index (χ4n) is 1.88. The Hall–Kier alpha value is 0.324. The van der Waals surface area contributed by atoms with Gasteiger partial charge in [0, 0.05) is 20.0 Å². The van der Waals surface area contributed by atoms with Crippen molar-refractivity contribution < 1.29 is 20.0 Å². The van der Waals surface area contributed by atoms with Crippen molar-refractivity contribution in [1.29, 1.82) is 0 Å². The van der Waals surface area contributed by atoms with Gasteiger partial charge in [-0.05, 0) is 38.0 Å². The van der Waals surface area contributed by atoms with Crippen molar-refractivity contribution in [2.45, 2.75) is 61.3 Å². The molecule has 0 nitrogen and oxygen atoms in total. The van der Waals surface area contributed by atoms with Gasteiger partial charge in [-0.25, -0.2) is 0 Å². The predicted octanol–water partition coefficient (Wildman–Crippen LogP) is 5.05. The van der Waals surface area contributed by atoms with E-state index in [0.717, 1.165) is 5.92 Å². The first kappa shape index (κ1) is 16.7. The van der Waals surface area contributed by atoms with Crippen LogP contribution in [0.1, 0.15) is 62.7 Å². The summed E-state index contributed by atoms with van der Waals surface area (Å²) in [5.41, 5.74) is 3.72. The monoisotopic (exact) mass is 235 g/mol. The first-order valence-electron chi connectivity index (χ1n) is 5.63. The SMILES string of the molecule is CC.CC1=C(C)C(C)(C)CCC1C.[HH].[V]. The smallest absolute Gasteiger partial charge is 0 e. The third kappa shape index (κ3) is 3.83. The molecule has 0 saturated carbocycles. The topological polar surface area (TPSA) is 0 Å². The molecule has 0 N–H and O–H groups in total. The molecule has 0 aromatic heterocycles. The molecule has 0 saturated heterocycles. The van der Waals surface area contributed by atoms with E-state index in [1.54, 1.807) is 11.1 Å². The molecular weight excluding hydrogens is 207 g/mol. The van der Waals surface area contributed by atoms with Crippen LogP contribution < -0.4 is 0 Å². The predicted molar refractivity (Wildman–Crippen MR) is 64.0 cm³/mol. The van der Waals surface area contributed by atoms with Gasteiger partial charge in [0.1, 0.15) is 0 Å². The zero-order valence-corrected chi connectivity index (χ0v) is 12.3. The van der Waals surface area contributed by atoms with Gasteiger partial charge in [-0.3, -0.25) is 0 Å². The molecule has 0 aromatic rings. The van der Waals surface area contributed by atoms with Crippen molar-refractivity contribution in [3.63, 3.8) is 0 Å². The molecule has 1 atom stereocenters. The summed E-state index contributed by atoms with van der Waals surface area (Å²) in [5.74, 6) is 0.822. The molecule has 0 spiro atoms. The second kappa shape index (κ2) is 6.74. The van der Waals surface area contributed by atoms with Crippen LogP contribution in [0, 0.1) is 11.3 Å². The van der Waals surface area contributed by atoms with Gasteiger partial charge in [-0.2, -0.15) is 0 Å². The zero-order valence-electron chi connectivity index (χ0n) is 10.9. The molecule has 1 rings (SSSR count). The van der Waals surface area contributed by atoms with Crippen molar-refractivity contribution >= 4 is 0 Å². The van der Waals surface area contributed by atoms with Crippen LogP contribution in [-0.2, 0) is 18.6 Å². The average molecular weight is 235 g/mol. The van der Waals surface area contributed by atoms with Crippen LogP contribution in [0.3, 0.4) is 0 Å². The standard InChI is InChI=1S/C11H20.C2H6.V.H2/c1-8-6-7-11(4,5)10(3)9(8)2;1-2;;/h8H,6-7H2,1-5H3;1-2H3;;1H. The molecule has 0 fully saturated rings. The Bertz CT molecular complexity index is 195. The third-order valence-electron chi connectivity index (χ3n) is 3.55. The minimum Gasteiger partial charge on any atom is -0.0710 e. The number of allylic oxidation sites excluding steroid dienone is 2. The van der Waals surface area contributed by atoms with E-state index < -0.39 is 0 Å². The van der Waals surface area contributed by atoms with Gasteiger partial charge in [0.15, 0.2) is 0 Å². The Morgan fingerprint density at radius 3 is 2.00 bits per heavy atom.